The second-order valence-corrected chi connectivity index (χ2v) is 18.1. The molecule has 0 aliphatic rings. The van der Waals surface area contributed by atoms with Gasteiger partial charge in [-0.3, -0.25) is 14.4 Å². The molecule has 0 aliphatic carbocycles. The summed E-state index contributed by atoms with van der Waals surface area (Å²) in [7, 11) is 0. The predicted octanol–water partition coefficient (Wildman–Crippen LogP) is 15.8. The fourth-order valence-electron chi connectivity index (χ4n) is 7.46. The molecule has 0 amide bonds. The van der Waals surface area contributed by atoms with Gasteiger partial charge < -0.3 is 14.2 Å². The molecule has 0 heterocycles. The molecule has 0 saturated carbocycles. The van der Waals surface area contributed by atoms with Crippen molar-refractivity contribution in [2.24, 2.45) is 11.8 Å². The Balaban J connectivity index is 4.26. The van der Waals surface area contributed by atoms with Gasteiger partial charge >= 0.3 is 17.9 Å². The van der Waals surface area contributed by atoms with Crippen molar-refractivity contribution in [1.82, 2.24) is 0 Å². The van der Waals surface area contributed by atoms with Gasteiger partial charge in [0.05, 0.1) is 0 Å². The molecule has 0 N–H and O–H groups in total. The Morgan fingerprint density at radius 3 is 0.875 bits per heavy atom. The van der Waals surface area contributed by atoms with Crippen LogP contribution >= 0.6 is 0 Å². The van der Waals surface area contributed by atoms with E-state index in [2.05, 4.69) is 34.6 Å². The van der Waals surface area contributed by atoms with Gasteiger partial charge in [-0.1, -0.05) is 234 Å². The molecule has 1 atom stereocenters. The molecule has 0 aromatic carbocycles. The van der Waals surface area contributed by atoms with Crippen LogP contribution in [0.3, 0.4) is 0 Å². The van der Waals surface area contributed by atoms with Crippen molar-refractivity contribution in [1.29, 1.82) is 0 Å². The van der Waals surface area contributed by atoms with E-state index in [0.717, 1.165) is 69.6 Å². The molecule has 0 aromatic rings. The van der Waals surface area contributed by atoms with E-state index in [1.807, 2.05) is 0 Å². The predicted molar refractivity (Wildman–Crippen MR) is 238 cm³/mol. The van der Waals surface area contributed by atoms with Crippen molar-refractivity contribution in [2.45, 2.75) is 278 Å². The first-order valence-corrected chi connectivity index (χ1v) is 24.7. The number of hydrogen-bond acceptors (Lipinski definition) is 6. The van der Waals surface area contributed by atoms with Gasteiger partial charge in [0.1, 0.15) is 13.2 Å². The zero-order valence-corrected chi connectivity index (χ0v) is 38.3. The molecule has 56 heavy (non-hydrogen) atoms. The number of carbonyl (C=O) groups excluding carboxylic acids is 3. The summed E-state index contributed by atoms with van der Waals surface area (Å²) in [6.07, 6.45) is 42.4. The van der Waals surface area contributed by atoms with Crippen molar-refractivity contribution < 1.29 is 28.6 Å². The van der Waals surface area contributed by atoms with E-state index in [0.29, 0.717) is 19.3 Å². The molecule has 0 aromatic heterocycles. The minimum absolute atomic E-state index is 0.0644. The highest BCUT2D eigenvalue weighted by molar-refractivity contribution is 5.71. The first-order valence-electron chi connectivity index (χ1n) is 24.7. The standard InChI is InChI=1S/C50H96O6/c1-6-7-8-9-10-11-16-21-26-32-37-42-50(53)56-47(44-55-49(52)41-36-31-27-22-24-29-34-39-46(4)5)43-54-48(51)40-35-30-25-20-18-15-13-12-14-17-19-23-28-33-38-45(2)3/h45-47H,6-44H2,1-5H3/t47-/m0/s1. The molecular formula is C50H96O6. The van der Waals surface area contributed by atoms with Crippen LogP contribution in [0, 0.1) is 11.8 Å². The van der Waals surface area contributed by atoms with E-state index in [9.17, 15) is 14.4 Å². The fourth-order valence-corrected chi connectivity index (χ4v) is 7.46. The Morgan fingerprint density at radius 1 is 0.339 bits per heavy atom. The fraction of sp³-hybridized carbons (Fsp3) is 0.940. The lowest BCUT2D eigenvalue weighted by molar-refractivity contribution is -0.167. The molecule has 6 heteroatoms. The van der Waals surface area contributed by atoms with Gasteiger partial charge in [0.15, 0.2) is 6.10 Å². The molecule has 6 nitrogen and oxygen atoms in total. The monoisotopic (exact) mass is 793 g/mol. The summed E-state index contributed by atoms with van der Waals surface area (Å²) in [4.78, 5) is 37.8. The molecule has 0 radical (unpaired) electrons. The van der Waals surface area contributed by atoms with Crippen LogP contribution in [0.5, 0.6) is 0 Å². The summed E-state index contributed by atoms with van der Waals surface area (Å²) < 4.78 is 16.7. The highest BCUT2D eigenvalue weighted by atomic mass is 16.6. The third kappa shape index (κ3) is 43.5. The number of carbonyl (C=O) groups is 3. The van der Waals surface area contributed by atoms with Crippen LogP contribution in [0.25, 0.3) is 0 Å². The Labute approximate surface area is 348 Å². The van der Waals surface area contributed by atoms with Gasteiger partial charge in [-0.05, 0) is 31.1 Å². The van der Waals surface area contributed by atoms with Crippen molar-refractivity contribution in [3.05, 3.63) is 0 Å². The van der Waals surface area contributed by atoms with Gasteiger partial charge in [-0.15, -0.1) is 0 Å². The average molecular weight is 793 g/mol. The quantitative estimate of drug-likeness (QED) is 0.0347. The van der Waals surface area contributed by atoms with Crippen molar-refractivity contribution in [3.8, 4) is 0 Å². The third-order valence-corrected chi connectivity index (χ3v) is 11.2. The maximum absolute atomic E-state index is 12.7. The van der Waals surface area contributed by atoms with Gasteiger partial charge in [-0.25, -0.2) is 0 Å². The smallest absolute Gasteiger partial charge is 0.306 e. The summed E-state index contributed by atoms with van der Waals surface area (Å²) in [6.45, 7) is 11.3. The zero-order valence-electron chi connectivity index (χ0n) is 38.3. The average Bonchev–Trinajstić information content (AvgIpc) is 3.16. The Morgan fingerprint density at radius 2 is 0.589 bits per heavy atom. The number of unbranched alkanes of at least 4 members (excludes halogenated alkanes) is 29. The minimum Gasteiger partial charge on any atom is -0.462 e. The zero-order chi connectivity index (χ0) is 41.2. The highest BCUT2D eigenvalue weighted by Crippen LogP contribution is 2.17. The molecular weight excluding hydrogens is 697 g/mol. The number of esters is 3. The van der Waals surface area contributed by atoms with Gasteiger partial charge in [0.25, 0.3) is 0 Å². The van der Waals surface area contributed by atoms with Crippen LogP contribution in [-0.4, -0.2) is 37.2 Å². The van der Waals surface area contributed by atoms with Crippen molar-refractivity contribution >= 4 is 17.9 Å². The third-order valence-electron chi connectivity index (χ3n) is 11.2. The topological polar surface area (TPSA) is 78.9 Å². The summed E-state index contributed by atoms with van der Waals surface area (Å²) in [6, 6.07) is 0. The lowest BCUT2D eigenvalue weighted by atomic mass is 10.0. The van der Waals surface area contributed by atoms with E-state index in [-0.39, 0.29) is 31.1 Å². The minimum atomic E-state index is -0.760. The van der Waals surface area contributed by atoms with Crippen LogP contribution in [0.1, 0.15) is 272 Å². The van der Waals surface area contributed by atoms with Crippen LogP contribution in [0.4, 0.5) is 0 Å². The van der Waals surface area contributed by atoms with Crippen molar-refractivity contribution in [2.75, 3.05) is 13.2 Å². The first kappa shape index (κ1) is 54.4. The van der Waals surface area contributed by atoms with Crippen LogP contribution in [0.15, 0.2) is 0 Å². The number of ether oxygens (including phenoxy) is 3. The summed E-state index contributed by atoms with van der Waals surface area (Å²) in [5.41, 5.74) is 0. The summed E-state index contributed by atoms with van der Waals surface area (Å²) in [5.74, 6) is 0.772. The van der Waals surface area contributed by atoms with E-state index >= 15 is 0 Å². The van der Waals surface area contributed by atoms with Crippen LogP contribution in [0.2, 0.25) is 0 Å². The number of hydrogen-bond donors (Lipinski definition) is 0. The second-order valence-electron chi connectivity index (χ2n) is 18.1. The summed E-state index contributed by atoms with van der Waals surface area (Å²) in [5, 5.41) is 0. The molecule has 0 aliphatic heterocycles. The Kier molecular flexibility index (Phi) is 41.8. The number of rotatable bonds is 44. The van der Waals surface area contributed by atoms with E-state index in [4.69, 9.17) is 14.2 Å². The van der Waals surface area contributed by atoms with E-state index < -0.39 is 6.10 Å². The van der Waals surface area contributed by atoms with Crippen LogP contribution in [-0.2, 0) is 28.6 Å². The van der Waals surface area contributed by atoms with Gasteiger partial charge in [0.2, 0.25) is 0 Å². The molecule has 0 spiro atoms. The molecule has 0 unspecified atom stereocenters. The molecule has 0 saturated heterocycles. The van der Waals surface area contributed by atoms with E-state index in [1.165, 1.54) is 161 Å². The normalized spacial score (nSPS) is 12.1. The SMILES string of the molecule is CCCCCCCCCCCCCC(=O)O[C@@H](COC(=O)CCCCCCCCCCCCCCCCC(C)C)COC(=O)CCCCCCCCCC(C)C. The largest absolute Gasteiger partial charge is 0.462 e. The maximum atomic E-state index is 12.7. The summed E-state index contributed by atoms with van der Waals surface area (Å²) >= 11 is 0. The lowest BCUT2D eigenvalue weighted by Gasteiger charge is -2.18. The van der Waals surface area contributed by atoms with E-state index in [1.54, 1.807) is 0 Å². The lowest BCUT2D eigenvalue weighted by Crippen LogP contribution is -2.30. The first-order chi connectivity index (χ1) is 27.2. The molecule has 0 fully saturated rings. The highest BCUT2D eigenvalue weighted by Gasteiger charge is 2.19. The van der Waals surface area contributed by atoms with Gasteiger partial charge in [-0.2, -0.15) is 0 Å². The maximum Gasteiger partial charge on any atom is 0.306 e. The van der Waals surface area contributed by atoms with Crippen LogP contribution < -0.4 is 0 Å². The Hall–Kier alpha value is -1.59. The second kappa shape index (κ2) is 43.0. The molecule has 0 bridgehead atoms. The van der Waals surface area contributed by atoms with Crippen molar-refractivity contribution in [3.63, 3.8) is 0 Å². The van der Waals surface area contributed by atoms with Gasteiger partial charge in [0, 0.05) is 19.3 Å². The Bertz CT molecular complexity index is 854. The molecule has 332 valence electrons. The molecule has 0 rings (SSSR count).